The normalized spacial score (nSPS) is 19.2. The van der Waals surface area contributed by atoms with Gasteiger partial charge in [-0.2, -0.15) is 0 Å². The molecule has 7 heteroatoms. The Kier molecular flexibility index (Phi) is 6.71. The van der Waals surface area contributed by atoms with Gasteiger partial charge in [0.1, 0.15) is 10.7 Å². The molecule has 1 aromatic heterocycles. The van der Waals surface area contributed by atoms with E-state index in [-0.39, 0.29) is 0 Å². The summed E-state index contributed by atoms with van der Waals surface area (Å²) in [4.78, 5) is 15.2. The maximum absolute atomic E-state index is 5.41. The Morgan fingerprint density at radius 1 is 1.27 bits per heavy atom. The highest BCUT2D eigenvalue weighted by molar-refractivity contribution is 7.16. The maximum atomic E-state index is 5.41. The number of hydrogen-bond donors (Lipinski definition) is 1. The van der Waals surface area contributed by atoms with Gasteiger partial charge in [-0.3, -0.25) is 4.90 Å². The number of anilines is 2. The van der Waals surface area contributed by atoms with Crippen LogP contribution in [0.1, 0.15) is 50.2 Å². The number of thiazole rings is 1. The zero-order valence-electron chi connectivity index (χ0n) is 18.5. The van der Waals surface area contributed by atoms with E-state index >= 15 is 0 Å². The number of nitrogens with one attached hydrogen (secondary N) is 1. The summed E-state index contributed by atoms with van der Waals surface area (Å²) in [7, 11) is 1.79. The van der Waals surface area contributed by atoms with E-state index in [1.54, 1.807) is 18.4 Å². The molecular formula is C23H33N5OS. The van der Waals surface area contributed by atoms with Gasteiger partial charge in [0.25, 0.3) is 0 Å². The fraction of sp³-hybridized carbons (Fsp3) is 0.565. The Labute approximate surface area is 184 Å². The predicted octanol–water partition coefficient (Wildman–Crippen LogP) is 4.83. The summed E-state index contributed by atoms with van der Waals surface area (Å²) in [5, 5.41) is 5.86. The number of methoxy groups -OCH3 is 1. The van der Waals surface area contributed by atoms with Crippen molar-refractivity contribution in [2.45, 2.75) is 45.6 Å². The van der Waals surface area contributed by atoms with E-state index in [4.69, 9.17) is 14.7 Å². The second-order valence-electron chi connectivity index (χ2n) is 8.38. The van der Waals surface area contributed by atoms with Crippen LogP contribution in [-0.4, -0.2) is 66.6 Å². The maximum Gasteiger partial charge on any atom is 0.158 e. The Bertz CT molecular complexity index is 893. The predicted molar refractivity (Wildman–Crippen MR) is 126 cm³/mol. The Morgan fingerprint density at radius 3 is 2.87 bits per heavy atom. The van der Waals surface area contributed by atoms with Crippen molar-refractivity contribution in [1.29, 1.82) is 0 Å². The Hall–Kier alpha value is -1.96. The van der Waals surface area contributed by atoms with Gasteiger partial charge >= 0.3 is 0 Å². The Balaban J connectivity index is 1.70. The third-order valence-corrected chi connectivity index (χ3v) is 7.07. The van der Waals surface area contributed by atoms with Crippen LogP contribution in [0.25, 0.3) is 0 Å². The molecule has 0 saturated carbocycles. The number of hydrogen-bond acceptors (Lipinski definition) is 7. The van der Waals surface area contributed by atoms with Crippen LogP contribution >= 0.6 is 11.3 Å². The zero-order chi connectivity index (χ0) is 21.1. The number of rotatable bonds is 6. The van der Waals surface area contributed by atoms with Crippen LogP contribution in [0.5, 0.6) is 0 Å². The average molecular weight is 428 g/mol. The molecule has 0 bridgehead atoms. The number of amidine groups is 1. The number of para-hydroxylation sites is 2. The van der Waals surface area contributed by atoms with Crippen molar-refractivity contribution in [2.75, 3.05) is 45.2 Å². The number of aromatic nitrogens is 1. The summed E-state index contributed by atoms with van der Waals surface area (Å²) in [6, 6.07) is 8.76. The molecule has 2 aromatic rings. The van der Waals surface area contributed by atoms with Crippen molar-refractivity contribution in [3.05, 3.63) is 35.0 Å². The SMILES string of the molecule is CCCN1CCN(C2=Nc3ccccc3Nc3sc(C(C)C)nc32)CC1CCOC. The average Bonchev–Trinajstić information content (AvgIpc) is 3.10. The fourth-order valence-electron chi connectivity index (χ4n) is 4.20. The monoisotopic (exact) mass is 427 g/mol. The van der Waals surface area contributed by atoms with E-state index in [1.165, 1.54) is 6.42 Å². The lowest BCUT2D eigenvalue weighted by atomic mass is 10.1. The highest BCUT2D eigenvalue weighted by Crippen LogP contribution is 2.39. The summed E-state index contributed by atoms with van der Waals surface area (Å²) in [6.45, 7) is 11.6. The van der Waals surface area contributed by atoms with Crippen molar-refractivity contribution in [3.63, 3.8) is 0 Å². The first-order chi connectivity index (χ1) is 14.6. The number of piperazine rings is 1. The summed E-state index contributed by atoms with van der Waals surface area (Å²) in [5.41, 5.74) is 3.02. The summed E-state index contributed by atoms with van der Waals surface area (Å²) in [6.07, 6.45) is 2.21. The van der Waals surface area contributed by atoms with Crippen molar-refractivity contribution >= 4 is 33.5 Å². The molecule has 2 aliphatic heterocycles. The molecule has 0 radical (unpaired) electrons. The highest BCUT2D eigenvalue weighted by Gasteiger charge is 2.32. The minimum absolute atomic E-state index is 0.399. The molecule has 0 spiro atoms. The van der Waals surface area contributed by atoms with E-state index in [1.807, 2.05) is 0 Å². The lowest BCUT2D eigenvalue weighted by Crippen LogP contribution is -2.55. The molecule has 30 heavy (non-hydrogen) atoms. The lowest BCUT2D eigenvalue weighted by Gasteiger charge is -2.42. The van der Waals surface area contributed by atoms with Gasteiger partial charge in [0, 0.05) is 45.3 Å². The molecule has 162 valence electrons. The molecule has 3 heterocycles. The van der Waals surface area contributed by atoms with Gasteiger partial charge in [0.05, 0.1) is 16.4 Å². The van der Waals surface area contributed by atoms with Crippen LogP contribution in [-0.2, 0) is 4.74 Å². The lowest BCUT2D eigenvalue weighted by molar-refractivity contribution is 0.0806. The Morgan fingerprint density at radius 2 is 2.10 bits per heavy atom. The molecule has 0 amide bonds. The summed E-state index contributed by atoms with van der Waals surface area (Å²) in [5.74, 6) is 1.40. The molecule has 4 rings (SSSR count). The summed E-state index contributed by atoms with van der Waals surface area (Å²) >= 11 is 1.75. The third-order valence-electron chi connectivity index (χ3n) is 5.80. The highest BCUT2D eigenvalue weighted by atomic mass is 32.1. The van der Waals surface area contributed by atoms with Gasteiger partial charge < -0.3 is 15.0 Å². The van der Waals surface area contributed by atoms with E-state index in [0.29, 0.717) is 12.0 Å². The largest absolute Gasteiger partial charge is 0.385 e. The molecule has 1 unspecified atom stereocenters. The van der Waals surface area contributed by atoms with Crippen LogP contribution < -0.4 is 5.32 Å². The number of aliphatic imine (C=N–C) groups is 1. The third kappa shape index (κ3) is 4.38. The number of fused-ring (bicyclic) bond motifs is 2. The molecular weight excluding hydrogens is 394 g/mol. The molecule has 0 aliphatic carbocycles. The van der Waals surface area contributed by atoms with Crippen LogP contribution in [0.15, 0.2) is 29.3 Å². The quantitative estimate of drug-likeness (QED) is 0.715. The minimum Gasteiger partial charge on any atom is -0.385 e. The second-order valence-corrected chi connectivity index (χ2v) is 9.41. The molecule has 1 N–H and O–H groups in total. The van der Waals surface area contributed by atoms with Crippen molar-refractivity contribution < 1.29 is 4.74 Å². The first kappa shape index (κ1) is 21.3. The number of ether oxygens (including phenoxy) is 1. The van der Waals surface area contributed by atoms with Crippen LogP contribution in [0.4, 0.5) is 16.4 Å². The first-order valence-corrected chi connectivity index (χ1v) is 11.9. The molecule has 1 fully saturated rings. The number of benzene rings is 1. The van der Waals surface area contributed by atoms with E-state index in [2.05, 4.69) is 60.2 Å². The van der Waals surface area contributed by atoms with Crippen molar-refractivity contribution in [2.24, 2.45) is 4.99 Å². The molecule has 6 nitrogen and oxygen atoms in total. The van der Waals surface area contributed by atoms with Gasteiger partial charge in [-0.1, -0.05) is 32.9 Å². The van der Waals surface area contributed by atoms with Gasteiger partial charge in [0.2, 0.25) is 0 Å². The van der Waals surface area contributed by atoms with Gasteiger partial charge in [-0.15, -0.1) is 11.3 Å². The van der Waals surface area contributed by atoms with E-state index < -0.39 is 0 Å². The smallest absolute Gasteiger partial charge is 0.158 e. The van der Waals surface area contributed by atoms with Crippen LogP contribution in [0.2, 0.25) is 0 Å². The van der Waals surface area contributed by atoms with Crippen molar-refractivity contribution in [3.8, 4) is 0 Å². The second kappa shape index (κ2) is 9.45. The molecule has 1 aromatic carbocycles. The molecule has 1 atom stereocenters. The zero-order valence-corrected chi connectivity index (χ0v) is 19.3. The van der Waals surface area contributed by atoms with Gasteiger partial charge in [-0.25, -0.2) is 9.98 Å². The first-order valence-electron chi connectivity index (χ1n) is 11.0. The molecule has 2 aliphatic rings. The van der Waals surface area contributed by atoms with E-state index in [0.717, 1.165) is 72.1 Å². The van der Waals surface area contributed by atoms with E-state index in [9.17, 15) is 0 Å². The van der Waals surface area contributed by atoms with Crippen LogP contribution in [0, 0.1) is 0 Å². The minimum atomic E-state index is 0.399. The molecule has 1 saturated heterocycles. The van der Waals surface area contributed by atoms with Crippen LogP contribution in [0.3, 0.4) is 0 Å². The summed E-state index contributed by atoms with van der Waals surface area (Å²) < 4.78 is 5.41. The number of nitrogens with zero attached hydrogens (tertiary/aromatic N) is 4. The topological polar surface area (TPSA) is 53.0 Å². The fourth-order valence-corrected chi connectivity index (χ4v) is 5.18. The van der Waals surface area contributed by atoms with Gasteiger partial charge in [-0.05, 0) is 31.5 Å². The van der Waals surface area contributed by atoms with Crippen molar-refractivity contribution in [1.82, 2.24) is 14.8 Å². The van der Waals surface area contributed by atoms with Gasteiger partial charge in [0.15, 0.2) is 5.84 Å². The standard InChI is InChI=1S/C23H33N5OS/c1-5-11-27-12-13-28(15-17(27)10-14-29-4)21-20-23(30-22(26-20)16(2)3)25-19-9-7-6-8-18(19)24-21/h6-9,16-17,25H,5,10-15H2,1-4H3.